The molecular formula is C48H38N2. The molecule has 7 rings (SSSR count). The summed E-state index contributed by atoms with van der Waals surface area (Å²) in [4.78, 5) is 4.56. The van der Waals surface area contributed by atoms with Crippen LogP contribution >= 0.6 is 0 Å². The van der Waals surface area contributed by atoms with Crippen LogP contribution in [-0.4, -0.2) is 0 Å². The van der Waals surface area contributed by atoms with Crippen LogP contribution in [0.3, 0.4) is 0 Å². The van der Waals surface area contributed by atoms with Gasteiger partial charge in [-0.2, -0.15) is 0 Å². The molecule has 0 aromatic heterocycles. The molecule has 0 amide bonds. The summed E-state index contributed by atoms with van der Waals surface area (Å²) in [6.45, 7) is 16.4. The van der Waals surface area contributed by atoms with Gasteiger partial charge in [0.2, 0.25) is 0 Å². The average molecular weight is 643 g/mol. The number of hydrogen-bond donors (Lipinski definition) is 0. The number of nitrogens with zero attached hydrogens (tertiary/aromatic N) is 2. The molecule has 7 aromatic carbocycles. The summed E-state index contributed by atoms with van der Waals surface area (Å²) in [6, 6.07) is 57.6. The van der Waals surface area contributed by atoms with E-state index < -0.39 is 0 Å². The van der Waals surface area contributed by atoms with Gasteiger partial charge < -0.3 is 9.80 Å². The third-order valence-electron chi connectivity index (χ3n) is 9.09. The zero-order valence-corrected chi connectivity index (χ0v) is 28.0. The van der Waals surface area contributed by atoms with Gasteiger partial charge in [0.05, 0.1) is 11.4 Å². The minimum absolute atomic E-state index is 0.945. The Labute approximate surface area is 294 Å². The monoisotopic (exact) mass is 642 g/mol. The first-order valence-electron chi connectivity index (χ1n) is 16.7. The highest BCUT2D eigenvalue weighted by molar-refractivity contribution is 5.99. The summed E-state index contributed by atoms with van der Waals surface area (Å²) in [6.07, 6.45) is 5.64. The molecule has 0 N–H and O–H groups in total. The Bertz CT molecular complexity index is 2410. The molecule has 0 saturated heterocycles. The fourth-order valence-corrected chi connectivity index (χ4v) is 6.47. The van der Waals surface area contributed by atoms with Gasteiger partial charge >= 0.3 is 0 Å². The Kier molecular flexibility index (Phi) is 9.09. The summed E-state index contributed by atoms with van der Waals surface area (Å²) in [5.74, 6) is 0. The molecule has 2 heteroatoms. The Morgan fingerprint density at radius 3 is 1.50 bits per heavy atom. The minimum atomic E-state index is 0.945. The molecule has 0 aliphatic carbocycles. The van der Waals surface area contributed by atoms with Gasteiger partial charge in [-0.25, -0.2) is 0 Å². The molecule has 0 spiro atoms. The largest absolute Gasteiger partial charge is 0.310 e. The summed E-state index contributed by atoms with van der Waals surface area (Å²) in [5, 5.41) is 4.38. The maximum Gasteiger partial charge on any atom is 0.0540 e. The van der Waals surface area contributed by atoms with Crippen LogP contribution in [0.5, 0.6) is 0 Å². The lowest BCUT2D eigenvalue weighted by Gasteiger charge is -2.27. The molecule has 0 aliphatic heterocycles. The van der Waals surface area contributed by atoms with Crippen LogP contribution < -0.4 is 20.2 Å². The summed E-state index contributed by atoms with van der Waals surface area (Å²) in [5.41, 5.74) is 10.7. The Hall–Kier alpha value is -6.64. The molecule has 0 aliphatic rings. The van der Waals surface area contributed by atoms with Crippen molar-refractivity contribution in [3.05, 3.63) is 211 Å². The third kappa shape index (κ3) is 6.31. The minimum Gasteiger partial charge on any atom is -0.310 e. The van der Waals surface area contributed by atoms with E-state index in [2.05, 4.69) is 182 Å². The first kappa shape index (κ1) is 31.9. The molecule has 0 fully saturated rings. The number of hydrogen-bond acceptors (Lipinski definition) is 2. The summed E-state index contributed by atoms with van der Waals surface area (Å²) < 4.78 is 0. The average Bonchev–Trinajstić information content (AvgIpc) is 3.18. The van der Waals surface area contributed by atoms with Crippen LogP contribution in [0.15, 0.2) is 190 Å². The fraction of sp³-hybridized carbons (Fsp3) is 0. The summed E-state index contributed by atoms with van der Waals surface area (Å²) in [7, 11) is 0. The highest BCUT2D eigenvalue weighted by Gasteiger charge is 2.17. The van der Waals surface area contributed by atoms with Crippen molar-refractivity contribution in [2.24, 2.45) is 0 Å². The van der Waals surface area contributed by atoms with Crippen LogP contribution in [0.2, 0.25) is 0 Å². The Balaban J connectivity index is 1.27. The molecule has 50 heavy (non-hydrogen) atoms. The molecule has 0 unspecified atom stereocenters. The molecular weight excluding hydrogens is 605 g/mol. The topological polar surface area (TPSA) is 6.48 Å². The van der Waals surface area contributed by atoms with E-state index in [1.54, 1.807) is 0 Å². The smallest absolute Gasteiger partial charge is 0.0540 e. The molecule has 0 saturated carbocycles. The van der Waals surface area contributed by atoms with E-state index in [4.69, 9.17) is 0 Å². The van der Waals surface area contributed by atoms with Crippen LogP contribution in [0, 0.1) is 0 Å². The Morgan fingerprint density at radius 2 is 0.940 bits per heavy atom. The predicted octanol–water partition coefficient (Wildman–Crippen LogP) is 11.8. The second-order valence-electron chi connectivity index (χ2n) is 12.1. The first-order valence-corrected chi connectivity index (χ1v) is 16.7. The second kappa shape index (κ2) is 14.2. The lowest BCUT2D eigenvalue weighted by molar-refractivity contribution is 1.28. The molecule has 240 valence electrons. The molecule has 2 nitrogen and oxygen atoms in total. The van der Waals surface area contributed by atoms with Gasteiger partial charge in [0, 0.05) is 33.4 Å². The summed E-state index contributed by atoms with van der Waals surface area (Å²) >= 11 is 0. The maximum atomic E-state index is 4.30. The third-order valence-corrected chi connectivity index (χ3v) is 9.09. The van der Waals surface area contributed by atoms with E-state index in [1.807, 2.05) is 36.4 Å². The quantitative estimate of drug-likeness (QED) is 0.146. The van der Waals surface area contributed by atoms with Crippen LogP contribution in [-0.2, 0) is 0 Å². The van der Waals surface area contributed by atoms with Gasteiger partial charge in [0.15, 0.2) is 0 Å². The van der Waals surface area contributed by atoms with Gasteiger partial charge in [-0.1, -0.05) is 148 Å². The fourth-order valence-electron chi connectivity index (χ4n) is 6.47. The lowest BCUT2D eigenvalue weighted by atomic mass is 10.0. The predicted molar refractivity (Wildman–Crippen MR) is 218 cm³/mol. The van der Waals surface area contributed by atoms with Crippen LogP contribution in [0.25, 0.3) is 46.3 Å². The zero-order chi connectivity index (χ0) is 34.5. The van der Waals surface area contributed by atoms with Gasteiger partial charge in [-0.15, -0.1) is 0 Å². The Morgan fingerprint density at radius 1 is 0.460 bits per heavy atom. The standard InChI is InChI=1S/C48H38N2/c1-5-36-19-27-41(28-20-36)49(47(7-3)45-16-10-8-13-35(45)4)43-31-23-38(24-32-43)39-25-33-44(34-26-39)50(42-29-21-37(6-2)22-30-42)48-18-12-15-40-14-9-11-17-46(40)48/h5-34H,1-4H2/b47-45+. The lowest BCUT2D eigenvalue weighted by Crippen LogP contribution is -2.31. The van der Waals surface area contributed by atoms with E-state index in [0.717, 1.165) is 66.8 Å². The van der Waals surface area contributed by atoms with Crippen molar-refractivity contribution < 1.29 is 0 Å². The van der Waals surface area contributed by atoms with Crippen molar-refractivity contribution in [3.63, 3.8) is 0 Å². The highest BCUT2D eigenvalue weighted by atomic mass is 15.1. The maximum absolute atomic E-state index is 4.30. The van der Waals surface area contributed by atoms with Crippen LogP contribution in [0.1, 0.15) is 11.1 Å². The van der Waals surface area contributed by atoms with E-state index in [1.165, 1.54) is 10.8 Å². The van der Waals surface area contributed by atoms with Gasteiger partial charge in [0.25, 0.3) is 0 Å². The van der Waals surface area contributed by atoms with Crippen molar-refractivity contribution >= 4 is 63.6 Å². The molecule has 0 heterocycles. The zero-order valence-electron chi connectivity index (χ0n) is 28.0. The van der Waals surface area contributed by atoms with Gasteiger partial charge in [-0.05, 0) is 93.5 Å². The number of fused-ring (bicyclic) bond motifs is 1. The number of rotatable bonds is 10. The molecule has 0 atom stereocenters. The van der Waals surface area contributed by atoms with Gasteiger partial charge in [-0.3, -0.25) is 0 Å². The van der Waals surface area contributed by atoms with Crippen molar-refractivity contribution in [3.8, 4) is 11.1 Å². The van der Waals surface area contributed by atoms with Crippen molar-refractivity contribution in [1.82, 2.24) is 0 Å². The SMILES string of the molecule is C=C/C(=c1/ccccc1=C)N(c1ccc(C=C)cc1)c1ccc(-c2ccc(N(c3ccc(C=C)cc3)c3cccc4ccccc34)cc2)cc1. The highest BCUT2D eigenvalue weighted by Crippen LogP contribution is 2.40. The van der Waals surface area contributed by atoms with Crippen LogP contribution in [0.4, 0.5) is 28.4 Å². The number of benzene rings is 7. The molecule has 7 aromatic rings. The molecule has 0 radical (unpaired) electrons. The second-order valence-corrected chi connectivity index (χ2v) is 12.1. The van der Waals surface area contributed by atoms with E-state index in [-0.39, 0.29) is 0 Å². The normalized spacial score (nSPS) is 11.4. The van der Waals surface area contributed by atoms with Crippen molar-refractivity contribution in [2.75, 3.05) is 9.80 Å². The van der Waals surface area contributed by atoms with Crippen molar-refractivity contribution in [2.45, 2.75) is 0 Å². The first-order chi connectivity index (χ1) is 24.6. The van der Waals surface area contributed by atoms with E-state index >= 15 is 0 Å². The number of anilines is 5. The van der Waals surface area contributed by atoms with E-state index in [9.17, 15) is 0 Å². The van der Waals surface area contributed by atoms with E-state index in [0.29, 0.717) is 0 Å². The van der Waals surface area contributed by atoms with Gasteiger partial charge in [0.1, 0.15) is 0 Å². The van der Waals surface area contributed by atoms with Crippen molar-refractivity contribution in [1.29, 1.82) is 0 Å². The molecule has 0 bridgehead atoms.